The number of amides is 2. The molecule has 6 heteroatoms. The molecule has 1 unspecified atom stereocenters. The molecule has 2 amide bonds. The van der Waals surface area contributed by atoms with Crippen LogP contribution in [-0.4, -0.2) is 31.1 Å². The van der Waals surface area contributed by atoms with E-state index in [4.69, 9.17) is 9.47 Å². The molecule has 1 aliphatic rings. The van der Waals surface area contributed by atoms with Gasteiger partial charge in [-0.1, -0.05) is 13.0 Å². The summed E-state index contributed by atoms with van der Waals surface area (Å²) in [5, 5.41) is 5.70. The molecule has 148 valence electrons. The van der Waals surface area contributed by atoms with Gasteiger partial charge in [0.15, 0.2) is 0 Å². The fraction of sp³-hybridized carbons (Fsp3) is 0.364. The third-order valence-corrected chi connectivity index (χ3v) is 4.67. The molecule has 0 radical (unpaired) electrons. The molecule has 2 N–H and O–H groups in total. The number of hydrogen-bond acceptors (Lipinski definition) is 4. The number of carbonyl (C=O) groups excluding carboxylic acids is 2. The molecule has 0 aromatic heterocycles. The zero-order valence-corrected chi connectivity index (χ0v) is 16.3. The number of hydrogen-bond donors (Lipinski definition) is 2. The fourth-order valence-electron chi connectivity index (χ4n) is 2.95. The number of ether oxygens (including phenoxy) is 2. The Labute approximate surface area is 165 Å². The molecule has 1 aliphatic heterocycles. The Kier molecular flexibility index (Phi) is 6.66. The van der Waals surface area contributed by atoms with Crippen molar-refractivity contribution < 1.29 is 19.1 Å². The largest absolute Gasteiger partial charge is 0.491 e. The van der Waals surface area contributed by atoms with Crippen LogP contribution in [0, 0.1) is 6.92 Å². The highest BCUT2D eigenvalue weighted by Gasteiger charge is 2.16. The molecule has 0 aliphatic carbocycles. The Bertz CT molecular complexity index is 827. The summed E-state index contributed by atoms with van der Waals surface area (Å²) in [6.45, 7) is 5.03. The number of rotatable bonds is 7. The number of benzene rings is 2. The van der Waals surface area contributed by atoms with Crippen molar-refractivity contribution in [2.75, 3.05) is 23.8 Å². The van der Waals surface area contributed by atoms with Gasteiger partial charge in [0.2, 0.25) is 5.91 Å². The van der Waals surface area contributed by atoms with Crippen LogP contribution in [0.25, 0.3) is 0 Å². The molecular formula is C22H26N2O4. The number of aryl methyl sites for hydroxylation is 1. The van der Waals surface area contributed by atoms with E-state index in [-0.39, 0.29) is 17.9 Å². The molecule has 0 bridgehead atoms. The molecule has 2 aromatic carbocycles. The smallest absolute Gasteiger partial charge is 0.255 e. The molecule has 1 fully saturated rings. The Morgan fingerprint density at radius 3 is 2.61 bits per heavy atom. The van der Waals surface area contributed by atoms with Gasteiger partial charge in [0.1, 0.15) is 12.4 Å². The predicted octanol–water partition coefficient (Wildman–Crippen LogP) is 4.15. The predicted molar refractivity (Wildman–Crippen MR) is 109 cm³/mol. The van der Waals surface area contributed by atoms with Crippen LogP contribution in [0.4, 0.5) is 11.4 Å². The highest BCUT2D eigenvalue weighted by Crippen LogP contribution is 2.22. The number of nitrogens with one attached hydrogen (secondary N) is 2. The topological polar surface area (TPSA) is 76.7 Å². The van der Waals surface area contributed by atoms with Gasteiger partial charge in [-0.05, 0) is 61.7 Å². The van der Waals surface area contributed by atoms with Gasteiger partial charge in [-0.3, -0.25) is 9.59 Å². The summed E-state index contributed by atoms with van der Waals surface area (Å²) in [7, 11) is 0. The van der Waals surface area contributed by atoms with E-state index in [0.29, 0.717) is 35.7 Å². The van der Waals surface area contributed by atoms with E-state index in [2.05, 4.69) is 10.6 Å². The molecule has 0 spiro atoms. The second-order valence-corrected chi connectivity index (χ2v) is 6.86. The summed E-state index contributed by atoms with van der Waals surface area (Å²) in [5.74, 6) is 0.431. The minimum Gasteiger partial charge on any atom is -0.491 e. The average molecular weight is 382 g/mol. The van der Waals surface area contributed by atoms with E-state index in [1.165, 1.54) is 0 Å². The summed E-state index contributed by atoms with van der Waals surface area (Å²) >= 11 is 0. The first kappa shape index (κ1) is 19.9. The van der Waals surface area contributed by atoms with E-state index in [1.807, 2.05) is 19.1 Å². The van der Waals surface area contributed by atoms with Crippen LogP contribution in [-0.2, 0) is 9.53 Å². The molecule has 1 saturated heterocycles. The molecule has 6 nitrogen and oxygen atoms in total. The van der Waals surface area contributed by atoms with Gasteiger partial charge in [-0.2, -0.15) is 0 Å². The zero-order valence-electron chi connectivity index (χ0n) is 16.3. The third-order valence-electron chi connectivity index (χ3n) is 4.67. The zero-order chi connectivity index (χ0) is 19.9. The molecule has 28 heavy (non-hydrogen) atoms. The van der Waals surface area contributed by atoms with Gasteiger partial charge in [-0.25, -0.2) is 0 Å². The summed E-state index contributed by atoms with van der Waals surface area (Å²) < 4.78 is 11.3. The summed E-state index contributed by atoms with van der Waals surface area (Å²) in [6, 6.07) is 12.5. The van der Waals surface area contributed by atoms with Gasteiger partial charge in [0.25, 0.3) is 5.91 Å². The van der Waals surface area contributed by atoms with Gasteiger partial charge < -0.3 is 20.1 Å². The van der Waals surface area contributed by atoms with Gasteiger partial charge in [-0.15, -0.1) is 0 Å². The number of anilines is 2. The van der Waals surface area contributed by atoms with Crippen molar-refractivity contribution in [3.8, 4) is 5.75 Å². The highest BCUT2D eigenvalue weighted by molar-refractivity contribution is 6.05. The first-order valence-corrected chi connectivity index (χ1v) is 9.61. The SMILES string of the molecule is CCC(=O)Nc1ccc(C)c(NC(=O)c2ccc(OCC3CCCO3)cc2)c1. The Balaban J connectivity index is 1.60. The average Bonchev–Trinajstić information content (AvgIpc) is 3.23. The van der Waals surface area contributed by atoms with Crippen molar-refractivity contribution in [3.05, 3.63) is 53.6 Å². The van der Waals surface area contributed by atoms with Crippen molar-refractivity contribution in [1.82, 2.24) is 0 Å². The van der Waals surface area contributed by atoms with Crippen molar-refractivity contribution in [2.45, 2.75) is 39.2 Å². The van der Waals surface area contributed by atoms with Gasteiger partial charge in [0.05, 0.1) is 6.10 Å². The maximum absolute atomic E-state index is 12.6. The van der Waals surface area contributed by atoms with Crippen molar-refractivity contribution >= 4 is 23.2 Å². The van der Waals surface area contributed by atoms with E-state index in [0.717, 1.165) is 25.0 Å². The maximum atomic E-state index is 12.6. The van der Waals surface area contributed by atoms with Crippen LogP contribution in [0.15, 0.2) is 42.5 Å². The normalized spacial score (nSPS) is 15.9. The van der Waals surface area contributed by atoms with Crippen molar-refractivity contribution in [1.29, 1.82) is 0 Å². The molecule has 1 heterocycles. The van der Waals surface area contributed by atoms with E-state index in [1.54, 1.807) is 37.3 Å². The Morgan fingerprint density at radius 1 is 1.14 bits per heavy atom. The van der Waals surface area contributed by atoms with Gasteiger partial charge in [0, 0.05) is 30.0 Å². The van der Waals surface area contributed by atoms with E-state index >= 15 is 0 Å². The second-order valence-electron chi connectivity index (χ2n) is 6.86. The van der Waals surface area contributed by atoms with Crippen LogP contribution in [0.2, 0.25) is 0 Å². The Hall–Kier alpha value is -2.86. The van der Waals surface area contributed by atoms with Crippen LogP contribution < -0.4 is 15.4 Å². The van der Waals surface area contributed by atoms with Crippen LogP contribution >= 0.6 is 0 Å². The monoisotopic (exact) mass is 382 g/mol. The molecule has 2 aromatic rings. The lowest BCUT2D eigenvalue weighted by atomic mass is 10.1. The van der Waals surface area contributed by atoms with E-state index < -0.39 is 0 Å². The minimum atomic E-state index is -0.215. The van der Waals surface area contributed by atoms with Crippen LogP contribution in [0.5, 0.6) is 5.75 Å². The van der Waals surface area contributed by atoms with Crippen LogP contribution in [0.1, 0.15) is 42.1 Å². The highest BCUT2D eigenvalue weighted by atomic mass is 16.5. The molecule has 1 atom stereocenters. The minimum absolute atomic E-state index is 0.0697. The van der Waals surface area contributed by atoms with Crippen molar-refractivity contribution in [2.24, 2.45) is 0 Å². The first-order chi connectivity index (χ1) is 13.5. The summed E-state index contributed by atoms with van der Waals surface area (Å²) in [5.41, 5.74) is 2.77. The quantitative estimate of drug-likeness (QED) is 0.754. The molecular weight excluding hydrogens is 356 g/mol. The Morgan fingerprint density at radius 2 is 1.93 bits per heavy atom. The fourth-order valence-corrected chi connectivity index (χ4v) is 2.95. The lowest BCUT2D eigenvalue weighted by Gasteiger charge is -2.13. The lowest BCUT2D eigenvalue weighted by molar-refractivity contribution is -0.115. The summed E-state index contributed by atoms with van der Waals surface area (Å²) in [4.78, 5) is 24.1. The van der Waals surface area contributed by atoms with Crippen molar-refractivity contribution in [3.63, 3.8) is 0 Å². The van der Waals surface area contributed by atoms with E-state index in [9.17, 15) is 9.59 Å². The lowest BCUT2D eigenvalue weighted by Crippen LogP contribution is -2.16. The number of carbonyl (C=O) groups is 2. The maximum Gasteiger partial charge on any atom is 0.255 e. The molecule has 3 rings (SSSR count). The summed E-state index contributed by atoms with van der Waals surface area (Å²) in [6.07, 6.45) is 2.66. The first-order valence-electron chi connectivity index (χ1n) is 9.61. The van der Waals surface area contributed by atoms with Crippen LogP contribution in [0.3, 0.4) is 0 Å². The molecule has 0 saturated carbocycles. The standard InChI is InChI=1S/C22H26N2O4/c1-3-21(25)23-17-9-6-15(2)20(13-17)24-22(26)16-7-10-18(11-8-16)28-14-19-5-4-12-27-19/h6-11,13,19H,3-5,12,14H2,1-2H3,(H,23,25)(H,24,26). The van der Waals surface area contributed by atoms with Gasteiger partial charge >= 0.3 is 0 Å². The second kappa shape index (κ2) is 9.37. The third kappa shape index (κ3) is 5.33.